The van der Waals surface area contributed by atoms with Crippen LogP contribution >= 0.6 is 23.6 Å². The Bertz CT molecular complexity index is 1050. The highest BCUT2D eigenvalue weighted by Gasteiger charge is 2.25. The lowest BCUT2D eigenvalue weighted by atomic mass is 10.1. The summed E-state index contributed by atoms with van der Waals surface area (Å²) < 4.78 is 1.44. The number of aromatic nitrogens is 1. The number of hydrogen-bond acceptors (Lipinski definition) is 5. The lowest BCUT2D eigenvalue weighted by Crippen LogP contribution is -2.23. The Hall–Kier alpha value is -2.32. The van der Waals surface area contributed by atoms with E-state index in [9.17, 15) is 14.7 Å². The molecule has 0 radical (unpaired) electrons. The molecule has 3 rings (SSSR count). The summed E-state index contributed by atoms with van der Waals surface area (Å²) in [5.41, 5.74) is 2.94. The number of nitrogens with zero attached hydrogens (tertiary/aromatic N) is 2. The molecule has 0 aliphatic carbocycles. The SMILES string of the molecule is CCCCCCCC(=O)Nn1c(O)c(C2=c3ccccc3=NC2=O)sc1=S. The van der Waals surface area contributed by atoms with E-state index in [1.165, 1.54) is 11.1 Å². The van der Waals surface area contributed by atoms with Gasteiger partial charge in [-0.3, -0.25) is 15.0 Å². The van der Waals surface area contributed by atoms with Crippen molar-refractivity contribution in [2.45, 2.75) is 45.4 Å². The van der Waals surface area contributed by atoms with Crippen LogP contribution in [0, 0.1) is 3.95 Å². The molecule has 142 valence electrons. The maximum absolute atomic E-state index is 12.3. The van der Waals surface area contributed by atoms with Crippen LogP contribution in [0.3, 0.4) is 0 Å². The molecule has 0 fully saturated rings. The van der Waals surface area contributed by atoms with Crippen molar-refractivity contribution in [3.05, 3.63) is 43.7 Å². The molecule has 0 unspecified atom stereocenters. The molecular formula is C19H21N3O3S2. The second-order valence-electron chi connectivity index (χ2n) is 6.36. The third-order valence-corrected chi connectivity index (χ3v) is 5.75. The minimum Gasteiger partial charge on any atom is -0.492 e. The average Bonchev–Trinajstić information content (AvgIpc) is 3.11. The van der Waals surface area contributed by atoms with Crippen molar-refractivity contribution < 1.29 is 14.7 Å². The Balaban J connectivity index is 1.81. The van der Waals surface area contributed by atoms with Crippen molar-refractivity contribution in [1.29, 1.82) is 0 Å². The zero-order valence-corrected chi connectivity index (χ0v) is 16.7. The molecule has 2 amide bonds. The Kier molecular flexibility index (Phi) is 6.18. The standard InChI is InChI=1S/C19H21N3O3S2/c1-2-3-4-5-6-11-14(23)21-22-18(25)16(27-19(22)26)15-12-9-7-8-10-13(12)20-17(15)24/h7-10,25H,2-6,11H2,1H3,(H,21,23). The quantitative estimate of drug-likeness (QED) is 0.524. The molecule has 27 heavy (non-hydrogen) atoms. The van der Waals surface area contributed by atoms with Gasteiger partial charge in [-0.1, -0.05) is 62.1 Å². The van der Waals surface area contributed by atoms with Crippen LogP contribution in [0.25, 0.3) is 5.57 Å². The highest BCUT2D eigenvalue weighted by atomic mass is 32.1. The molecule has 1 aliphatic rings. The van der Waals surface area contributed by atoms with Crippen LogP contribution in [-0.4, -0.2) is 21.6 Å². The smallest absolute Gasteiger partial charge is 0.279 e. The summed E-state index contributed by atoms with van der Waals surface area (Å²) in [5.74, 6) is -0.869. The first kappa shape index (κ1) is 19.4. The average molecular weight is 404 g/mol. The van der Waals surface area contributed by atoms with E-state index in [2.05, 4.69) is 17.3 Å². The maximum atomic E-state index is 12.3. The fourth-order valence-corrected chi connectivity index (χ4v) is 4.24. The number of rotatable bonds is 8. The van der Waals surface area contributed by atoms with Gasteiger partial charge in [-0.2, -0.15) is 4.68 Å². The molecule has 0 atom stereocenters. The van der Waals surface area contributed by atoms with Crippen LogP contribution < -0.4 is 16.0 Å². The highest BCUT2D eigenvalue weighted by Crippen LogP contribution is 2.31. The van der Waals surface area contributed by atoms with Crippen molar-refractivity contribution in [1.82, 2.24) is 4.68 Å². The number of benzene rings is 1. The summed E-state index contributed by atoms with van der Waals surface area (Å²) >= 11 is 6.35. The molecule has 1 aliphatic heterocycles. The van der Waals surface area contributed by atoms with Crippen LogP contribution in [0.15, 0.2) is 29.3 Å². The molecule has 2 aromatic rings. The number of amides is 2. The number of para-hydroxylation sites is 1. The van der Waals surface area contributed by atoms with Crippen LogP contribution in [0.4, 0.5) is 0 Å². The molecule has 2 heterocycles. The summed E-state index contributed by atoms with van der Waals surface area (Å²) in [6.45, 7) is 2.14. The second kappa shape index (κ2) is 8.58. The zero-order valence-electron chi connectivity index (χ0n) is 15.0. The van der Waals surface area contributed by atoms with Gasteiger partial charge in [-0.15, -0.1) is 0 Å². The lowest BCUT2D eigenvalue weighted by Gasteiger charge is -2.07. The third-order valence-electron chi connectivity index (χ3n) is 4.37. The van der Waals surface area contributed by atoms with Gasteiger partial charge in [0.25, 0.3) is 5.91 Å². The largest absolute Gasteiger partial charge is 0.492 e. The highest BCUT2D eigenvalue weighted by molar-refractivity contribution is 7.73. The van der Waals surface area contributed by atoms with Gasteiger partial charge in [-0.05, 0) is 24.7 Å². The zero-order chi connectivity index (χ0) is 19.4. The summed E-state index contributed by atoms with van der Waals surface area (Å²) in [5, 5.41) is 11.8. The normalized spacial score (nSPS) is 12.8. The van der Waals surface area contributed by atoms with Crippen molar-refractivity contribution in [3.63, 3.8) is 0 Å². The predicted molar refractivity (Wildman–Crippen MR) is 107 cm³/mol. The van der Waals surface area contributed by atoms with Crippen LogP contribution in [0.1, 0.15) is 50.3 Å². The first-order valence-corrected chi connectivity index (χ1v) is 10.2. The minimum atomic E-state index is -0.419. The van der Waals surface area contributed by atoms with Crippen molar-refractivity contribution in [2.75, 3.05) is 5.43 Å². The van der Waals surface area contributed by atoms with E-state index < -0.39 is 5.91 Å². The van der Waals surface area contributed by atoms with E-state index in [4.69, 9.17) is 12.2 Å². The number of unbranched alkanes of at least 4 members (excludes halogenated alkanes) is 4. The molecule has 8 heteroatoms. The van der Waals surface area contributed by atoms with E-state index in [1.807, 2.05) is 0 Å². The van der Waals surface area contributed by atoms with Crippen LogP contribution in [0.5, 0.6) is 5.88 Å². The first-order valence-electron chi connectivity index (χ1n) is 9.00. The second-order valence-corrected chi connectivity index (χ2v) is 8.01. The molecule has 1 aromatic heterocycles. The minimum absolute atomic E-state index is 0.213. The Morgan fingerprint density at radius 1 is 1.26 bits per heavy atom. The molecule has 2 N–H and O–H groups in total. The molecule has 0 saturated carbocycles. The van der Waals surface area contributed by atoms with E-state index in [0.717, 1.165) is 37.0 Å². The van der Waals surface area contributed by atoms with Gasteiger partial charge in [0.1, 0.15) is 4.88 Å². The number of thiazole rings is 1. The molecule has 0 bridgehead atoms. The monoisotopic (exact) mass is 403 g/mol. The topological polar surface area (TPSA) is 83.7 Å². The Morgan fingerprint density at radius 3 is 2.78 bits per heavy atom. The van der Waals surface area contributed by atoms with Crippen molar-refractivity contribution in [3.8, 4) is 5.88 Å². The maximum Gasteiger partial charge on any atom is 0.279 e. The van der Waals surface area contributed by atoms with Gasteiger partial charge in [-0.25, -0.2) is 4.99 Å². The van der Waals surface area contributed by atoms with E-state index in [0.29, 0.717) is 27.4 Å². The lowest BCUT2D eigenvalue weighted by molar-refractivity contribution is -0.117. The van der Waals surface area contributed by atoms with Gasteiger partial charge >= 0.3 is 0 Å². The van der Waals surface area contributed by atoms with Gasteiger partial charge in [0.05, 0.1) is 10.9 Å². The van der Waals surface area contributed by atoms with Crippen molar-refractivity contribution >= 4 is 40.9 Å². The fraction of sp³-hybridized carbons (Fsp3) is 0.368. The van der Waals surface area contributed by atoms with Gasteiger partial charge in [0.2, 0.25) is 11.8 Å². The predicted octanol–water partition coefficient (Wildman–Crippen LogP) is 2.77. The number of hydrogen-bond donors (Lipinski definition) is 2. The Labute approximate surface area is 165 Å². The number of fused-ring (bicyclic) bond motifs is 1. The van der Waals surface area contributed by atoms with Crippen molar-refractivity contribution in [2.24, 2.45) is 4.99 Å². The number of nitrogens with one attached hydrogen (secondary N) is 1. The van der Waals surface area contributed by atoms with Crippen LogP contribution in [-0.2, 0) is 9.59 Å². The summed E-state index contributed by atoms with van der Waals surface area (Å²) in [6.07, 6.45) is 5.59. The summed E-state index contributed by atoms with van der Waals surface area (Å²) in [4.78, 5) is 28.8. The summed E-state index contributed by atoms with van der Waals surface area (Å²) in [6, 6.07) is 7.13. The Morgan fingerprint density at radius 2 is 2.00 bits per heavy atom. The molecular weight excluding hydrogens is 382 g/mol. The number of aromatic hydroxyl groups is 1. The van der Waals surface area contributed by atoms with E-state index in [1.54, 1.807) is 24.3 Å². The number of carbonyl (C=O) groups is 2. The van der Waals surface area contributed by atoms with E-state index in [-0.39, 0.29) is 15.7 Å². The molecule has 0 spiro atoms. The van der Waals surface area contributed by atoms with E-state index >= 15 is 0 Å². The van der Waals surface area contributed by atoms with Gasteiger partial charge < -0.3 is 5.11 Å². The molecule has 0 saturated heterocycles. The first-order chi connectivity index (χ1) is 13.0. The fourth-order valence-electron chi connectivity index (χ4n) is 2.98. The number of carbonyl (C=O) groups excluding carboxylic acids is 2. The summed E-state index contributed by atoms with van der Waals surface area (Å²) in [7, 11) is 0. The van der Waals surface area contributed by atoms with Gasteiger partial charge in [0, 0.05) is 11.6 Å². The molecule has 6 nitrogen and oxygen atoms in total. The van der Waals surface area contributed by atoms with Gasteiger partial charge in [0.15, 0.2) is 3.95 Å². The van der Waals surface area contributed by atoms with Crippen LogP contribution in [0.2, 0.25) is 0 Å². The molecule has 1 aromatic carbocycles. The third kappa shape index (κ3) is 4.17.